The summed E-state index contributed by atoms with van der Waals surface area (Å²) in [5.41, 5.74) is 3.22. The highest BCUT2D eigenvalue weighted by atomic mass is 32.2. The molecule has 2 saturated heterocycles. The Kier molecular flexibility index (Phi) is 3.80. The molecule has 0 saturated carbocycles. The fourth-order valence-electron chi connectivity index (χ4n) is 3.89. The molecule has 2 aromatic rings. The number of carbonyl (C=O) groups excluding carboxylic acids is 1. The number of fused-ring (bicyclic) bond motifs is 1. The molecule has 0 aromatic heterocycles. The summed E-state index contributed by atoms with van der Waals surface area (Å²) < 4.78 is 37.9. The summed E-state index contributed by atoms with van der Waals surface area (Å²) in [6.07, 6.45) is 0. The third kappa shape index (κ3) is 2.58. The van der Waals surface area contributed by atoms with Crippen molar-refractivity contribution in [2.45, 2.75) is 25.9 Å². The molecular weight excluding hydrogens is 355 g/mol. The molecule has 0 spiro atoms. The van der Waals surface area contributed by atoms with E-state index < -0.39 is 27.7 Å². The summed E-state index contributed by atoms with van der Waals surface area (Å²) in [7, 11) is -3.25. The minimum Gasteiger partial charge on any atom is -0.288 e. The normalized spacial score (nSPS) is 24.2. The molecule has 0 radical (unpaired) electrons. The van der Waals surface area contributed by atoms with E-state index in [1.807, 2.05) is 32.0 Å². The number of sulfone groups is 1. The van der Waals surface area contributed by atoms with Crippen molar-refractivity contribution in [2.75, 3.05) is 21.3 Å². The fourth-order valence-corrected chi connectivity index (χ4v) is 5.80. The Morgan fingerprint density at radius 3 is 2.23 bits per heavy atom. The van der Waals surface area contributed by atoms with Crippen LogP contribution < -0.4 is 9.80 Å². The van der Waals surface area contributed by atoms with Crippen LogP contribution in [0.15, 0.2) is 42.5 Å². The summed E-state index contributed by atoms with van der Waals surface area (Å²) in [6.45, 7) is 3.89. The molecular formula is C19H19FN2O3S. The molecule has 5 nitrogen and oxygen atoms in total. The number of rotatable bonds is 2. The predicted molar refractivity (Wildman–Crippen MR) is 98.9 cm³/mol. The number of anilines is 2. The standard InChI is InChI=1S/C19H19FN2O3S/c1-12-4-3-5-16(13(12)2)22-18-11-26(24,25)10-17(18)21(19(22)23)15-8-6-14(20)7-9-15/h3-9,17-18H,10-11H2,1-2H3/t17-,18-/m0/s1. The first-order chi connectivity index (χ1) is 12.3. The zero-order chi connectivity index (χ0) is 18.6. The van der Waals surface area contributed by atoms with Crippen LogP contribution in [-0.4, -0.2) is 38.0 Å². The number of carbonyl (C=O) groups is 1. The summed E-state index contributed by atoms with van der Waals surface area (Å²) in [5.74, 6) is -0.543. The van der Waals surface area contributed by atoms with Gasteiger partial charge in [0.15, 0.2) is 9.84 Å². The maximum Gasteiger partial charge on any atom is 0.329 e. The molecule has 2 amide bonds. The molecule has 2 aromatic carbocycles. The first-order valence-electron chi connectivity index (χ1n) is 8.43. The van der Waals surface area contributed by atoms with Gasteiger partial charge in [0.05, 0.1) is 23.6 Å². The Labute approximate surface area is 152 Å². The van der Waals surface area contributed by atoms with E-state index in [0.29, 0.717) is 5.69 Å². The molecule has 2 heterocycles. The number of hydrogen-bond acceptors (Lipinski definition) is 3. The van der Waals surface area contributed by atoms with Gasteiger partial charge < -0.3 is 0 Å². The van der Waals surface area contributed by atoms with Crippen molar-refractivity contribution in [1.29, 1.82) is 0 Å². The smallest absolute Gasteiger partial charge is 0.288 e. The van der Waals surface area contributed by atoms with Crippen molar-refractivity contribution in [2.24, 2.45) is 0 Å². The first kappa shape index (κ1) is 17.0. The predicted octanol–water partition coefficient (Wildman–Crippen LogP) is 3.05. The number of urea groups is 1. The van der Waals surface area contributed by atoms with E-state index in [1.54, 1.807) is 4.90 Å². The fraction of sp³-hybridized carbons (Fsp3) is 0.316. The van der Waals surface area contributed by atoms with Gasteiger partial charge in [0, 0.05) is 11.4 Å². The highest BCUT2D eigenvalue weighted by Crippen LogP contribution is 2.39. The molecule has 4 rings (SSSR count). The van der Waals surface area contributed by atoms with Crippen molar-refractivity contribution in [3.63, 3.8) is 0 Å². The van der Waals surface area contributed by atoms with Gasteiger partial charge in [0.25, 0.3) is 0 Å². The van der Waals surface area contributed by atoms with E-state index in [2.05, 4.69) is 0 Å². The van der Waals surface area contributed by atoms with E-state index in [1.165, 1.54) is 29.2 Å². The summed E-state index contributed by atoms with van der Waals surface area (Å²) in [4.78, 5) is 16.3. The molecule has 2 fully saturated rings. The van der Waals surface area contributed by atoms with Crippen LogP contribution in [0.3, 0.4) is 0 Å². The van der Waals surface area contributed by atoms with Gasteiger partial charge in [-0.15, -0.1) is 0 Å². The maximum atomic E-state index is 13.3. The quantitative estimate of drug-likeness (QED) is 0.759. The van der Waals surface area contributed by atoms with E-state index in [4.69, 9.17) is 0 Å². The first-order valence-corrected chi connectivity index (χ1v) is 10.3. The number of nitrogens with zero attached hydrogens (tertiary/aromatic N) is 2. The highest BCUT2D eigenvalue weighted by molar-refractivity contribution is 7.91. The minimum absolute atomic E-state index is 0.0610. The molecule has 26 heavy (non-hydrogen) atoms. The Balaban J connectivity index is 1.84. The molecule has 0 N–H and O–H groups in total. The second kappa shape index (κ2) is 5.81. The summed E-state index contributed by atoms with van der Waals surface area (Å²) in [6, 6.07) is 10.1. The van der Waals surface area contributed by atoms with Gasteiger partial charge in [-0.2, -0.15) is 0 Å². The van der Waals surface area contributed by atoms with Gasteiger partial charge >= 0.3 is 6.03 Å². The lowest BCUT2D eigenvalue weighted by molar-refractivity contribution is 0.255. The largest absolute Gasteiger partial charge is 0.329 e. The number of hydrogen-bond donors (Lipinski definition) is 0. The molecule has 2 aliphatic heterocycles. The van der Waals surface area contributed by atoms with Crippen molar-refractivity contribution in [3.8, 4) is 0 Å². The average Bonchev–Trinajstić information content (AvgIpc) is 3.01. The number of amides is 2. The Morgan fingerprint density at radius 1 is 0.962 bits per heavy atom. The molecule has 0 bridgehead atoms. The monoisotopic (exact) mass is 374 g/mol. The third-order valence-corrected chi connectivity index (χ3v) is 7.01. The van der Waals surface area contributed by atoms with Crippen LogP contribution in [0.5, 0.6) is 0 Å². The lowest BCUT2D eigenvalue weighted by Crippen LogP contribution is -2.38. The number of aryl methyl sites for hydroxylation is 1. The van der Waals surface area contributed by atoms with E-state index in [-0.39, 0.29) is 17.5 Å². The van der Waals surface area contributed by atoms with Gasteiger partial charge in [0.1, 0.15) is 5.82 Å². The number of halogens is 1. The minimum atomic E-state index is -3.25. The topological polar surface area (TPSA) is 57.7 Å². The van der Waals surface area contributed by atoms with Crippen molar-refractivity contribution < 1.29 is 17.6 Å². The highest BCUT2D eigenvalue weighted by Gasteiger charge is 2.54. The average molecular weight is 374 g/mol. The molecule has 2 aliphatic rings. The van der Waals surface area contributed by atoms with E-state index >= 15 is 0 Å². The van der Waals surface area contributed by atoms with Crippen LogP contribution in [0.1, 0.15) is 11.1 Å². The van der Waals surface area contributed by atoms with Crippen LogP contribution in [-0.2, 0) is 9.84 Å². The van der Waals surface area contributed by atoms with Crippen molar-refractivity contribution in [3.05, 3.63) is 59.4 Å². The maximum absolute atomic E-state index is 13.3. The molecule has 0 unspecified atom stereocenters. The van der Waals surface area contributed by atoms with Crippen LogP contribution in [0.2, 0.25) is 0 Å². The van der Waals surface area contributed by atoms with E-state index in [9.17, 15) is 17.6 Å². The Hall–Kier alpha value is -2.41. The zero-order valence-corrected chi connectivity index (χ0v) is 15.3. The van der Waals surface area contributed by atoms with Gasteiger partial charge in [-0.25, -0.2) is 17.6 Å². The molecule has 7 heteroatoms. The second-order valence-corrected chi connectivity index (χ2v) is 9.08. The lowest BCUT2D eigenvalue weighted by Gasteiger charge is -2.24. The summed E-state index contributed by atoms with van der Waals surface area (Å²) >= 11 is 0. The Bertz CT molecular complexity index is 988. The van der Waals surface area contributed by atoms with Crippen molar-refractivity contribution >= 4 is 27.2 Å². The molecule has 136 valence electrons. The SMILES string of the molecule is Cc1cccc(N2C(=O)N(c3ccc(F)cc3)[C@H]3CS(=O)(=O)C[C@@H]32)c1C. The van der Waals surface area contributed by atoms with Crippen LogP contribution in [0.25, 0.3) is 0 Å². The van der Waals surface area contributed by atoms with Gasteiger partial charge in [-0.05, 0) is 55.3 Å². The Morgan fingerprint density at radius 2 is 1.58 bits per heavy atom. The molecule has 0 aliphatic carbocycles. The van der Waals surface area contributed by atoms with Crippen LogP contribution in [0, 0.1) is 19.7 Å². The third-order valence-electron chi connectivity index (χ3n) is 5.31. The van der Waals surface area contributed by atoms with Crippen molar-refractivity contribution in [1.82, 2.24) is 0 Å². The van der Waals surface area contributed by atoms with Gasteiger partial charge in [-0.3, -0.25) is 9.80 Å². The van der Waals surface area contributed by atoms with Crippen LogP contribution >= 0.6 is 0 Å². The van der Waals surface area contributed by atoms with Crippen LogP contribution in [0.4, 0.5) is 20.6 Å². The number of benzene rings is 2. The summed E-state index contributed by atoms with van der Waals surface area (Å²) in [5, 5.41) is 0. The van der Waals surface area contributed by atoms with Gasteiger partial charge in [0.2, 0.25) is 0 Å². The lowest BCUT2D eigenvalue weighted by atomic mass is 10.1. The molecule has 2 atom stereocenters. The van der Waals surface area contributed by atoms with Gasteiger partial charge in [-0.1, -0.05) is 12.1 Å². The second-order valence-electron chi connectivity index (χ2n) is 6.93. The van der Waals surface area contributed by atoms with E-state index in [0.717, 1.165) is 16.8 Å². The zero-order valence-electron chi connectivity index (χ0n) is 14.5.